The zero-order valence-corrected chi connectivity index (χ0v) is 11.5. The zero-order valence-electron chi connectivity index (χ0n) is 10.7. The Morgan fingerprint density at radius 3 is 2.79 bits per heavy atom. The number of aryl methyl sites for hydroxylation is 1. The largest absolute Gasteiger partial charge is 0.447 e. The number of aromatic nitrogens is 1. The summed E-state index contributed by atoms with van der Waals surface area (Å²) in [7, 11) is -2.05. The first-order valence-electron chi connectivity index (χ1n) is 5.68. The van der Waals surface area contributed by atoms with Crippen LogP contribution in [0.25, 0.3) is 0 Å². The van der Waals surface area contributed by atoms with E-state index >= 15 is 0 Å². The van der Waals surface area contributed by atoms with Crippen molar-refractivity contribution in [2.75, 3.05) is 12.4 Å². The molecule has 7 heteroatoms. The average molecular weight is 281 g/mol. The SMILES string of the molecule is CNS(=O)(=O)c1ccc(C)c(NCc2cnco2)c1. The van der Waals surface area contributed by atoms with E-state index in [4.69, 9.17) is 4.42 Å². The van der Waals surface area contributed by atoms with Crippen LogP contribution >= 0.6 is 0 Å². The molecule has 1 aromatic carbocycles. The summed E-state index contributed by atoms with van der Waals surface area (Å²) in [6.07, 6.45) is 2.96. The first-order valence-corrected chi connectivity index (χ1v) is 7.16. The van der Waals surface area contributed by atoms with Crippen molar-refractivity contribution in [3.05, 3.63) is 42.1 Å². The molecule has 2 aromatic rings. The minimum atomic E-state index is -3.44. The van der Waals surface area contributed by atoms with Gasteiger partial charge in [0, 0.05) is 5.69 Å². The van der Waals surface area contributed by atoms with Crippen molar-refractivity contribution < 1.29 is 12.8 Å². The summed E-state index contributed by atoms with van der Waals surface area (Å²) in [6.45, 7) is 2.35. The molecule has 0 aliphatic rings. The van der Waals surface area contributed by atoms with E-state index in [9.17, 15) is 8.42 Å². The van der Waals surface area contributed by atoms with Crippen molar-refractivity contribution in [2.24, 2.45) is 0 Å². The Labute approximate surface area is 111 Å². The summed E-state index contributed by atoms with van der Waals surface area (Å²) in [4.78, 5) is 4.04. The van der Waals surface area contributed by atoms with Gasteiger partial charge in [0.2, 0.25) is 10.0 Å². The summed E-state index contributed by atoms with van der Waals surface area (Å²) >= 11 is 0. The molecule has 2 rings (SSSR count). The van der Waals surface area contributed by atoms with Gasteiger partial charge in [-0.05, 0) is 31.7 Å². The number of rotatable bonds is 5. The maximum Gasteiger partial charge on any atom is 0.240 e. The standard InChI is InChI=1S/C12H15N3O3S/c1-9-3-4-11(19(16,17)13-2)5-12(9)15-7-10-6-14-8-18-10/h3-6,8,13,15H,7H2,1-2H3. The summed E-state index contributed by atoms with van der Waals surface area (Å²) in [5.74, 6) is 0.682. The third-order valence-corrected chi connectivity index (χ3v) is 4.14. The monoisotopic (exact) mass is 281 g/mol. The molecule has 0 aliphatic carbocycles. The van der Waals surface area contributed by atoms with E-state index in [1.807, 2.05) is 6.92 Å². The van der Waals surface area contributed by atoms with Gasteiger partial charge in [-0.2, -0.15) is 0 Å². The maximum atomic E-state index is 11.7. The number of sulfonamides is 1. The summed E-state index contributed by atoms with van der Waals surface area (Å²) < 4.78 is 30.9. The molecule has 2 N–H and O–H groups in total. The van der Waals surface area contributed by atoms with Gasteiger partial charge in [0.25, 0.3) is 0 Å². The first kappa shape index (κ1) is 13.6. The van der Waals surface area contributed by atoms with Crippen molar-refractivity contribution in [3.63, 3.8) is 0 Å². The lowest BCUT2D eigenvalue weighted by molar-refractivity contribution is 0.511. The number of oxazole rings is 1. The van der Waals surface area contributed by atoms with Crippen molar-refractivity contribution in [1.29, 1.82) is 0 Å². The van der Waals surface area contributed by atoms with E-state index in [0.29, 0.717) is 12.3 Å². The smallest absolute Gasteiger partial charge is 0.240 e. The number of hydrogen-bond acceptors (Lipinski definition) is 5. The van der Waals surface area contributed by atoms with Crippen LogP contribution in [0.15, 0.2) is 40.1 Å². The molecule has 0 amide bonds. The lowest BCUT2D eigenvalue weighted by atomic mass is 10.2. The summed E-state index contributed by atoms with van der Waals surface area (Å²) in [6, 6.07) is 4.92. The highest BCUT2D eigenvalue weighted by Crippen LogP contribution is 2.20. The van der Waals surface area contributed by atoms with Crippen LogP contribution in [0.2, 0.25) is 0 Å². The molecule has 6 nitrogen and oxygen atoms in total. The summed E-state index contributed by atoms with van der Waals surface area (Å²) in [5, 5.41) is 3.13. The van der Waals surface area contributed by atoms with Gasteiger partial charge in [0.1, 0.15) is 5.76 Å². The summed E-state index contributed by atoms with van der Waals surface area (Å²) in [5.41, 5.74) is 1.70. The number of benzene rings is 1. The molecular formula is C12H15N3O3S. The molecule has 19 heavy (non-hydrogen) atoms. The third kappa shape index (κ3) is 3.12. The lowest BCUT2D eigenvalue weighted by Gasteiger charge is -2.10. The molecule has 0 atom stereocenters. The van der Waals surface area contributed by atoms with Crippen LogP contribution in [0, 0.1) is 6.92 Å². The van der Waals surface area contributed by atoms with Gasteiger partial charge in [0.15, 0.2) is 6.39 Å². The molecule has 0 unspecified atom stereocenters. The molecule has 0 saturated carbocycles. The molecule has 0 spiro atoms. The van der Waals surface area contributed by atoms with Crippen LogP contribution in [0.1, 0.15) is 11.3 Å². The fourth-order valence-corrected chi connectivity index (χ4v) is 2.34. The fourth-order valence-electron chi connectivity index (χ4n) is 1.59. The number of nitrogens with zero attached hydrogens (tertiary/aromatic N) is 1. The Morgan fingerprint density at radius 1 is 1.37 bits per heavy atom. The van der Waals surface area contributed by atoms with Crippen molar-refractivity contribution >= 4 is 15.7 Å². The fraction of sp³-hybridized carbons (Fsp3) is 0.250. The minimum absolute atomic E-state index is 0.223. The van der Waals surface area contributed by atoms with Gasteiger partial charge >= 0.3 is 0 Å². The molecule has 0 bridgehead atoms. The van der Waals surface area contributed by atoms with E-state index in [1.165, 1.54) is 13.4 Å². The minimum Gasteiger partial charge on any atom is -0.447 e. The van der Waals surface area contributed by atoms with Gasteiger partial charge in [-0.15, -0.1) is 0 Å². The quantitative estimate of drug-likeness (QED) is 0.867. The second-order valence-corrected chi connectivity index (χ2v) is 5.89. The van der Waals surface area contributed by atoms with Crippen LogP contribution in [-0.2, 0) is 16.6 Å². The van der Waals surface area contributed by atoms with E-state index < -0.39 is 10.0 Å². The van der Waals surface area contributed by atoms with Crippen LogP contribution < -0.4 is 10.0 Å². The molecular weight excluding hydrogens is 266 g/mol. The van der Waals surface area contributed by atoms with E-state index in [1.54, 1.807) is 24.4 Å². The first-order chi connectivity index (χ1) is 9.03. The maximum absolute atomic E-state index is 11.7. The Morgan fingerprint density at radius 2 is 2.16 bits per heavy atom. The Hall–Kier alpha value is -1.86. The Kier molecular flexibility index (Phi) is 3.87. The predicted octanol–water partition coefficient (Wildman–Crippen LogP) is 1.50. The Balaban J connectivity index is 2.22. The number of nitrogens with one attached hydrogen (secondary N) is 2. The number of hydrogen-bond donors (Lipinski definition) is 2. The third-order valence-electron chi connectivity index (χ3n) is 2.72. The van der Waals surface area contributed by atoms with Crippen LogP contribution in [0.4, 0.5) is 5.69 Å². The molecule has 0 fully saturated rings. The molecule has 1 aromatic heterocycles. The van der Waals surface area contributed by atoms with Gasteiger partial charge < -0.3 is 9.73 Å². The van der Waals surface area contributed by atoms with E-state index in [-0.39, 0.29) is 4.90 Å². The second-order valence-electron chi connectivity index (χ2n) is 4.01. The van der Waals surface area contributed by atoms with E-state index in [0.717, 1.165) is 11.3 Å². The van der Waals surface area contributed by atoms with Gasteiger partial charge in [-0.3, -0.25) is 0 Å². The van der Waals surface area contributed by atoms with Gasteiger partial charge in [-0.1, -0.05) is 6.07 Å². The number of anilines is 1. The topological polar surface area (TPSA) is 84.2 Å². The van der Waals surface area contributed by atoms with Crippen LogP contribution in [0.5, 0.6) is 0 Å². The average Bonchev–Trinajstić information content (AvgIpc) is 2.90. The predicted molar refractivity (Wildman–Crippen MR) is 71.3 cm³/mol. The molecule has 0 radical (unpaired) electrons. The van der Waals surface area contributed by atoms with E-state index in [2.05, 4.69) is 15.0 Å². The molecule has 102 valence electrons. The van der Waals surface area contributed by atoms with Crippen molar-refractivity contribution in [2.45, 2.75) is 18.4 Å². The highest BCUT2D eigenvalue weighted by atomic mass is 32.2. The highest BCUT2D eigenvalue weighted by molar-refractivity contribution is 7.89. The van der Waals surface area contributed by atoms with Crippen molar-refractivity contribution in [1.82, 2.24) is 9.71 Å². The van der Waals surface area contributed by atoms with Crippen molar-refractivity contribution in [3.8, 4) is 0 Å². The molecule has 0 saturated heterocycles. The Bertz CT molecular complexity index is 651. The van der Waals surface area contributed by atoms with Gasteiger partial charge in [-0.25, -0.2) is 18.1 Å². The van der Waals surface area contributed by atoms with Crippen LogP contribution in [0.3, 0.4) is 0 Å². The zero-order chi connectivity index (χ0) is 13.9. The molecule has 1 heterocycles. The normalized spacial score (nSPS) is 11.5. The molecule has 0 aliphatic heterocycles. The van der Waals surface area contributed by atoms with Crippen LogP contribution in [-0.4, -0.2) is 20.4 Å². The highest BCUT2D eigenvalue weighted by Gasteiger charge is 2.12. The lowest BCUT2D eigenvalue weighted by Crippen LogP contribution is -2.18. The second kappa shape index (κ2) is 5.41. The van der Waals surface area contributed by atoms with Gasteiger partial charge in [0.05, 0.1) is 17.6 Å².